The molecule has 1 heterocycles. The highest BCUT2D eigenvalue weighted by atomic mass is 16.5. The maximum Gasteiger partial charge on any atom is 0.252 e. The van der Waals surface area contributed by atoms with Gasteiger partial charge in [0.05, 0.1) is 13.2 Å². The molecule has 0 unspecified atom stereocenters. The Morgan fingerprint density at radius 2 is 2.05 bits per heavy atom. The van der Waals surface area contributed by atoms with Crippen LogP contribution in [0.3, 0.4) is 0 Å². The van der Waals surface area contributed by atoms with Crippen molar-refractivity contribution in [3.63, 3.8) is 0 Å². The molecule has 2 rings (SSSR count). The van der Waals surface area contributed by atoms with Crippen molar-refractivity contribution >= 4 is 11.7 Å². The number of amides is 1. The fourth-order valence-corrected chi connectivity index (χ4v) is 2.09. The van der Waals surface area contributed by atoms with Crippen LogP contribution in [-0.2, 0) is 11.3 Å². The van der Waals surface area contributed by atoms with Gasteiger partial charge in [0.25, 0.3) is 5.91 Å². The third-order valence-electron chi connectivity index (χ3n) is 3.13. The van der Waals surface area contributed by atoms with E-state index in [2.05, 4.69) is 0 Å². The zero-order valence-corrected chi connectivity index (χ0v) is 11.7. The zero-order valence-electron chi connectivity index (χ0n) is 11.7. The van der Waals surface area contributed by atoms with E-state index in [1.807, 2.05) is 44.2 Å². The Morgan fingerprint density at radius 3 is 2.75 bits per heavy atom. The summed E-state index contributed by atoms with van der Waals surface area (Å²) in [6.07, 6.45) is 5.00. The molecule has 4 nitrogen and oxygen atoms in total. The molecule has 0 fully saturated rings. The van der Waals surface area contributed by atoms with Gasteiger partial charge in [0.15, 0.2) is 0 Å². The minimum absolute atomic E-state index is 0.174. The molecule has 0 saturated carbocycles. The topological polar surface area (TPSA) is 53.4 Å². The van der Waals surface area contributed by atoms with Crippen molar-refractivity contribution in [3.05, 3.63) is 53.6 Å². The molecule has 0 spiro atoms. The first-order valence-corrected chi connectivity index (χ1v) is 6.63. The monoisotopic (exact) mass is 270 g/mol. The van der Waals surface area contributed by atoms with E-state index in [1.54, 1.807) is 6.08 Å². The number of allylic oxidation sites excluding steroid dienone is 1. The Hall–Kier alpha value is -2.36. The summed E-state index contributed by atoms with van der Waals surface area (Å²) in [5, 5.41) is 8.10. The predicted molar refractivity (Wildman–Crippen MR) is 78.8 cm³/mol. The first-order valence-electron chi connectivity index (χ1n) is 6.63. The fourth-order valence-electron chi connectivity index (χ4n) is 2.09. The molecular formula is C16H18N2O2. The second kappa shape index (κ2) is 6.19. The van der Waals surface area contributed by atoms with Crippen LogP contribution in [0.5, 0.6) is 5.75 Å². The van der Waals surface area contributed by atoms with E-state index in [0.717, 1.165) is 16.9 Å². The molecule has 0 atom stereocenters. The molecule has 1 aromatic carbocycles. The second-order valence-electron chi connectivity index (χ2n) is 4.39. The van der Waals surface area contributed by atoms with Crippen molar-refractivity contribution in [2.45, 2.75) is 20.4 Å². The van der Waals surface area contributed by atoms with E-state index < -0.39 is 0 Å². The van der Waals surface area contributed by atoms with Crippen LogP contribution >= 0.6 is 0 Å². The van der Waals surface area contributed by atoms with Gasteiger partial charge in [0.2, 0.25) is 0 Å². The molecule has 1 amide bonds. The van der Waals surface area contributed by atoms with E-state index in [4.69, 9.17) is 10.1 Å². The number of carbonyl (C=O) groups excluding carboxylic acids is 1. The van der Waals surface area contributed by atoms with Crippen molar-refractivity contribution < 1.29 is 9.53 Å². The lowest BCUT2D eigenvalue weighted by atomic mass is 10.1. The van der Waals surface area contributed by atoms with Gasteiger partial charge in [-0.15, -0.1) is 0 Å². The number of rotatable bonds is 4. The fraction of sp³-hybridized carbons (Fsp3) is 0.250. The number of para-hydroxylation sites is 1. The van der Waals surface area contributed by atoms with Crippen LogP contribution in [0.2, 0.25) is 0 Å². The van der Waals surface area contributed by atoms with E-state index >= 15 is 0 Å². The number of nitrogens with one attached hydrogen (secondary N) is 1. The van der Waals surface area contributed by atoms with Gasteiger partial charge in [-0.05, 0) is 26.0 Å². The number of ether oxygens (including phenoxy) is 1. The molecule has 1 N–H and O–H groups in total. The molecule has 1 aromatic rings. The van der Waals surface area contributed by atoms with Gasteiger partial charge >= 0.3 is 0 Å². The van der Waals surface area contributed by atoms with E-state index in [1.165, 1.54) is 11.0 Å². The molecule has 4 heteroatoms. The maximum atomic E-state index is 12.0. The third-order valence-corrected chi connectivity index (χ3v) is 3.13. The summed E-state index contributed by atoms with van der Waals surface area (Å²) >= 11 is 0. The predicted octanol–water partition coefficient (Wildman–Crippen LogP) is 2.91. The van der Waals surface area contributed by atoms with Crippen LogP contribution in [0.1, 0.15) is 19.4 Å². The highest BCUT2D eigenvalue weighted by Crippen LogP contribution is 2.22. The van der Waals surface area contributed by atoms with Crippen molar-refractivity contribution in [1.82, 2.24) is 4.90 Å². The third kappa shape index (κ3) is 2.79. The van der Waals surface area contributed by atoms with Crippen LogP contribution in [0, 0.1) is 5.41 Å². The molecule has 0 saturated heterocycles. The molecule has 0 aromatic heterocycles. The van der Waals surface area contributed by atoms with E-state index in [0.29, 0.717) is 13.2 Å². The van der Waals surface area contributed by atoms with E-state index in [-0.39, 0.29) is 11.7 Å². The summed E-state index contributed by atoms with van der Waals surface area (Å²) in [4.78, 5) is 13.4. The molecule has 1 aliphatic rings. The average molecular weight is 270 g/mol. The van der Waals surface area contributed by atoms with Crippen LogP contribution in [0.15, 0.2) is 48.1 Å². The second-order valence-corrected chi connectivity index (χ2v) is 4.39. The first kappa shape index (κ1) is 14.1. The molecular weight excluding hydrogens is 252 g/mol. The maximum absolute atomic E-state index is 12.0. The first-order chi connectivity index (χ1) is 9.67. The molecule has 0 radical (unpaired) electrons. The zero-order chi connectivity index (χ0) is 14.5. The van der Waals surface area contributed by atoms with Gasteiger partial charge in [0.1, 0.15) is 11.6 Å². The molecule has 1 aliphatic heterocycles. The van der Waals surface area contributed by atoms with Crippen LogP contribution < -0.4 is 4.74 Å². The van der Waals surface area contributed by atoms with Crippen molar-refractivity contribution in [1.29, 1.82) is 5.41 Å². The van der Waals surface area contributed by atoms with Gasteiger partial charge in [0, 0.05) is 17.2 Å². The number of nitrogens with zero attached hydrogens (tertiary/aromatic N) is 1. The van der Waals surface area contributed by atoms with Crippen molar-refractivity contribution in [2.75, 3.05) is 6.61 Å². The van der Waals surface area contributed by atoms with Gasteiger partial charge < -0.3 is 4.74 Å². The highest BCUT2D eigenvalue weighted by molar-refractivity contribution is 6.13. The minimum atomic E-state index is -0.174. The summed E-state index contributed by atoms with van der Waals surface area (Å²) in [7, 11) is 0. The Kier molecular flexibility index (Phi) is 4.35. The van der Waals surface area contributed by atoms with Crippen LogP contribution in [-0.4, -0.2) is 23.2 Å². The quantitative estimate of drug-likeness (QED) is 0.914. The number of benzene rings is 1. The molecule has 0 bridgehead atoms. The largest absolute Gasteiger partial charge is 0.494 e. The summed E-state index contributed by atoms with van der Waals surface area (Å²) < 4.78 is 5.56. The van der Waals surface area contributed by atoms with E-state index in [9.17, 15) is 4.79 Å². The molecule has 104 valence electrons. The minimum Gasteiger partial charge on any atom is -0.494 e. The highest BCUT2D eigenvalue weighted by Gasteiger charge is 2.23. The average Bonchev–Trinajstić information content (AvgIpc) is 2.45. The van der Waals surface area contributed by atoms with Crippen molar-refractivity contribution in [2.24, 2.45) is 0 Å². The Labute approximate surface area is 118 Å². The van der Waals surface area contributed by atoms with Crippen LogP contribution in [0.25, 0.3) is 0 Å². The summed E-state index contributed by atoms with van der Waals surface area (Å²) in [6, 6.07) is 7.60. The Morgan fingerprint density at radius 1 is 1.30 bits per heavy atom. The van der Waals surface area contributed by atoms with Gasteiger partial charge in [-0.3, -0.25) is 15.1 Å². The van der Waals surface area contributed by atoms with Crippen LogP contribution in [0.4, 0.5) is 0 Å². The van der Waals surface area contributed by atoms with Gasteiger partial charge in [-0.2, -0.15) is 0 Å². The number of hydrogen-bond donors (Lipinski definition) is 1. The molecule has 0 aliphatic carbocycles. The normalized spacial score (nSPS) is 16.9. The Bertz CT molecular complexity index is 588. The smallest absolute Gasteiger partial charge is 0.252 e. The van der Waals surface area contributed by atoms with Gasteiger partial charge in [-0.1, -0.05) is 24.3 Å². The van der Waals surface area contributed by atoms with Crippen molar-refractivity contribution in [3.8, 4) is 5.75 Å². The van der Waals surface area contributed by atoms with Gasteiger partial charge in [-0.25, -0.2) is 0 Å². The Balaban J connectivity index is 2.27. The standard InChI is InChI=1S/C16H18N2O2/c1-3-12-9-10-15(19)18(16(12)17)11-13-7-5-6-8-14(13)20-4-2/h3,5-10,17H,4,11H2,1-2H3/b12-3-,17-16?. The number of carbonyl (C=O) groups is 1. The lowest BCUT2D eigenvalue weighted by Gasteiger charge is -2.26. The lowest BCUT2D eigenvalue weighted by molar-refractivity contribution is -0.123. The SMILES string of the molecule is C/C=C1/C=CC(=O)N(Cc2ccccc2OCC)C1=N. The number of amidine groups is 1. The lowest BCUT2D eigenvalue weighted by Crippen LogP contribution is -2.38. The molecule has 20 heavy (non-hydrogen) atoms. The summed E-state index contributed by atoms with van der Waals surface area (Å²) in [6.45, 7) is 4.69. The summed E-state index contributed by atoms with van der Waals surface area (Å²) in [5.41, 5.74) is 1.65. The number of hydrogen-bond acceptors (Lipinski definition) is 3. The summed E-state index contributed by atoms with van der Waals surface area (Å²) in [5.74, 6) is 0.811.